The van der Waals surface area contributed by atoms with Crippen LogP contribution in [0.1, 0.15) is 22.7 Å². The van der Waals surface area contributed by atoms with Crippen molar-refractivity contribution in [3.8, 4) is 10.6 Å². The lowest BCUT2D eigenvalue weighted by atomic mass is 10.3. The molecule has 1 N–H and O–H groups in total. The van der Waals surface area contributed by atoms with Gasteiger partial charge in [0, 0.05) is 23.2 Å². The maximum absolute atomic E-state index is 12.5. The molecular formula is C16H14N2O3S4. The van der Waals surface area contributed by atoms with Gasteiger partial charge in [0.15, 0.2) is 0 Å². The molecule has 0 spiro atoms. The summed E-state index contributed by atoms with van der Waals surface area (Å²) in [4.78, 5) is 31.6. The maximum atomic E-state index is 12.5. The van der Waals surface area contributed by atoms with E-state index in [4.69, 9.17) is 17.3 Å². The number of carboxylic acids is 1. The van der Waals surface area contributed by atoms with Crippen LogP contribution in [0.15, 0.2) is 22.4 Å². The Morgan fingerprint density at radius 2 is 2.24 bits per heavy atom. The van der Waals surface area contributed by atoms with E-state index in [0.717, 1.165) is 20.5 Å². The monoisotopic (exact) mass is 410 g/mol. The molecule has 0 aliphatic carbocycles. The lowest BCUT2D eigenvalue weighted by molar-refractivity contribution is -0.137. The number of aromatic nitrogens is 1. The van der Waals surface area contributed by atoms with E-state index >= 15 is 0 Å². The van der Waals surface area contributed by atoms with E-state index in [2.05, 4.69) is 4.98 Å². The molecule has 2 aromatic rings. The number of aliphatic carboxylic acids is 1. The van der Waals surface area contributed by atoms with Crippen LogP contribution in [0.2, 0.25) is 0 Å². The third-order valence-electron chi connectivity index (χ3n) is 3.42. The van der Waals surface area contributed by atoms with Crippen LogP contribution >= 0.6 is 46.7 Å². The molecule has 0 bridgehead atoms. The lowest BCUT2D eigenvalue weighted by Gasteiger charge is -2.13. The molecule has 3 heterocycles. The van der Waals surface area contributed by atoms with Crippen molar-refractivity contribution in [2.24, 2.45) is 0 Å². The van der Waals surface area contributed by atoms with Crippen LogP contribution in [0.25, 0.3) is 16.6 Å². The smallest absolute Gasteiger partial charge is 0.303 e. The molecule has 9 heteroatoms. The third-order valence-corrected chi connectivity index (χ3v) is 6.62. The fourth-order valence-electron chi connectivity index (χ4n) is 2.26. The van der Waals surface area contributed by atoms with Crippen LogP contribution in [-0.4, -0.2) is 37.7 Å². The van der Waals surface area contributed by atoms with Gasteiger partial charge in [-0.2, -0.15) is 0 Å². The highest BCUT2D eigenvalue weighted by atomic mass is 32.2. The highest BCUT2D eigenvalue weighted by Gasteiger charge is 2.31. The average molecular weight is 411 g/mol. The van der Waals surface area contributed by atoms with Gasteiger partial charge >= 0.3 is 5.97 Å². The Hall–Kier alpha value is -1.55. The number of thiazole rings is 1. The minimum atomic E-state index is -0.871. The summed E-state index contributed by atoms with van der Waals surface area (Å²) in [6, 6.07) is 3.96. The molecule has 1 saturated heterocycles. The van der Waals surface area contributed by atoms with E-state index < -0.39 is 5.97 Å². The summed E-state index contributed by atoms with van der Waals surface area (Å²) in [5.74, 6) is -1.02. The molecule has 1 amide bonds. The van der Waals surface area contributed by atoms with Gasteiger partial charge in [-0.3, -0.25) is 14.5 Å². The molecule has 0 saturated carbocycles. The fourth-order valence-corrected chi connectivity index (χ4v) is 5.23. The number of aryl methyl sites for hydroxylation is 1. The number of nitrogens with zero attached hydrogens (tertiary/aromatic N) is 2. The predicted octanol–water partition coefficient (Wildman–Crippen LogP) is 4.25. The van der Waals surface area contributed by atoms with Gasteiger partial charge in [0.2, 0.25) is 0 Å². The lowest BCUT2D eigenvalue weighted by Crippen LogP contribution is -2.29. The number of hydrogen-bond acceptors (Lipinski definition) is 7. The second-order valence-electron chi connectivity index (χ2n) is 5.28. The molecule has 130 valence electrons. The first-order chi connectivity index (χ1) is 11.9. The summed E-state index contributed by atoms with van der Waals surface area (Å²) in [6.07, 6.45) is 2.25. The van der Waals surface area contributed by atoms with Gasteiger partial charge < -0.3 is 5.11 Å². The molecule has 3 rings (SSSR count). The molecule has 0 radical (unpaired) electrons. The summed E-state index contributed by atoms with van der Waals surface area (Å²) >= 11 is 9.69. The predicted molar refractivity (Wildman–Crippen MR) is 107 cm³/mol. The van der Waals surface area contributed by atoms with E-state index in [0.29, 0.717) is 22.2 Å². The standard InChI is InChI=1S/C16H14N2O3S4/c1-9-17-11(8-23-9)12-5-4-10(24-12)7-13-15(21)18(16(22)25-13)6-2-3-14(19)20/h4-5,7-8H,2-3,6H2,1H3,(H,19,20). The van der Waals surface area contributed by atoms with Crippen LogP contribution in [0.3, 0.4) is 0 Å². The first-order valence-corrected chi connectivity index (χ1v) is 10.4. The second kappa shape index (κ2) is 7.77. The van der Waals surface area contributed by atoms with E-state index in [1.165, 1.54) is 16.7 Å². The van der Waals surface area contributed by atoms with Crippen LogP contribution in [-0.2, 0) is 9.59 Å². The molecule has 2 aromatic heterocycles. The molecule has 1 aliphatic rings. The molecule has 0 atom stereocenters. The first kappa shape index (κ1) is 18.2. The van der Waals surface area contributed by atoms with Gasteiger partial charge in [-0.15, -0.1) is 22.7 Å². The van der Waals surface area contributed by atoms with Crippen molar-refractivity contribution < 1.29 is 14.7 Å². The minimum Gasteiger partial charge on any atom is -0.481 e. The van der Waals surface area contributed by atoms with Crippen molar-refractivity contribution in [3.63, 3.8) is 0 Å². The second-order valence-corrected chi connectivity index (χ2v) is 9.14. The highest BCUT2D eigenvalue weighted by Crippen LogP contribution is 2.35. The quantitative estimate of drug-likeness (QED) is 0.567. The van der Waals surface area contributed by atoms with E-state index in [1.807, 2.05) is 30.5 Å². The van der Waals surface area contributed by atoms with Gasteiger partial charge in [-0.1, -0.05) is 24.0 Å². The number of thiocarbonyl (C=S) groups is 1. The Kier molecular flexibility index (Phi) is 5.67. The van der Waals surface area contributed by atoms with Crippen molar-refractivity contribution in [2.75, 3.05) is 6.54 Å². The number of thioether (sulfide) groups is 1. The van der Waals surface area contributed by atoms with E-state index in [-0.39, 0.29) is 12.3 Å². The summed E-state index contributed by atoms with van der Waals surface area (Å²) in [5.41, 5.74) is 0.952. The Balaban J connectivity index is 1.71. The zero-order valence-electron chi connectivity index (χ0n) is 13.2. The van der Waals surface area contributed by atoms with Crippen molar-refractivity contribution in [2.45, 2.75) is 19.8 Å². The molecule has 0 aromatic carbocycles. The van der Waals surface area contributed by atoms with E-state index in [9.17, 15) is 9.59 Å². The zero-order chi connectivity index (χ0) is 18.0. The normalized spacial score (nSPS) is 16.2. The van der Waals surface area contributed by atoms with Gasteiger partial charge in [-0.25, -0.2) is 4.98 Å². The van der Waals surface area contributed by atoms with Crippen molar-refractivity contribution in [3.05, 3.63) is 32.3 Å². The summed E-state index contributed by atoms with van der Waals surface area (Å²) < 4.78 is 0.480. The molecular weight excluding hydrogens is 396 g/mol. The van der Waals surface area contributed by atoms with Crippen molar-refractivity contribution in [1.29, 1.82) is 0 Å². The Bertz CT molecular complexity index is 868. The Morgan fingerprint density at radius 1 is 1.44 bits per heavy atom. The number of thiophene rings is 1. The SMILES string of the molecule is Cc1nc(-c2ccc(C=C3SC(=S)N(CCCC(=O)O)C3=O)s2)cs1. The maximum Gasteiger partial charge on any atom is 0.303 e. The largest absolute Gasteiger partial charge is 0.481 e. The van der Waals surface area contributed by atoms with Crippen molar-refractivity contribution >= 4 is 68.9 Å². The van der Waals surface area contributed by atoms with Crippen LogP contribution in [0, 0.1) is 6.92 Å². The number of carbonyl (C=O) groups excluding carboxylic acids is 1. The average Bonchev–Trinajstić information content (AvgIpc) is 3.23. The van der Waals surface area contributed by atoms with Gasteiger partial charge in [0.05, 0.1) is 20.5 Å². The Labute approximate surface area is 162 Å². The molecule has 5 nitrogen and oxygen atoms in total. The number of carboxylic acid groups (broad SMARTS) is 1. The zero-order valence-corrected chi connectivity index (χ0v) is 16.5. The minimum absolute atomic E-state index is 0.0252. The van der Waals surface area contributed by atoms with Crippen LogP contribution in [0.5, 0.6) is 0 Å². The highest BCUT2D eigenvalue weighted by molar-refractivity contribution is 8.26. The summed E-state index contributed by atoms with van der Waals surface area (Å²) in [7, 11) is 0. The number of rotatable bonds is 6. The molecule has 1 fully saturated rings. The van der Waals surface area contributed by atoms with Crippen molar-refractivity contribution in [1.82, 2.24) is 9.88 Å². The fraction of sp³-hybridized carbons (Fsp3) is 0.250. The molecule has 25 heavy (non-hydrogen) atoms. The molecule has 0 unspecified atom stereocenters. The summed E-state index contributed by atoms with van der Waals surface area (Å²) in [5, 5.41) is 11.7. The summed E-state index contributed by atoms with van der Waals surface area (Å²) in [6.45, 7) is 2.31. The topological polar surface area (TPSA) is 70.5 Å². The van der Waals surface area contributed by atoms with Crippen LogP contribution < -0.4 is 0 Å². The van der Waals surface area contributed by atoms with Gasteiger partial charge in [-0.05, 0) is 31.6 Å². The van der Waals surface area contributed by atoms with Gasteiger partial charge in [0.25, 0.3) is 5.91 Å². The van der Waals surface area contributed by atoms with E-state index in [1.54, 1.807) is 22.7 Å². The number of amides is 1. The molecule has 1 aliphatic heterocycles. The first-order valence-electron chi connectivity index (χ1n) is 7.43. The van der Waals surface area contributed by atoms with Gasteiger partial charge in [0.1, 0.15) is 4.32 Å². The number of carbonyl (C=O) groups is 2. The number of hydrogen-bond donors (Lipinski definition) is 1. The van der Waals surface area contributed by atoms with Crippen LogP contribution in [0.4, 0.5) is 0 Å². The Morgan fingerprint density at radius 3 is 2.92 bits per heavy atom. The third kappa shape index (κ3) is 4.35.